The molecule has 34 heavy (non-hydrogen) atoms. The molecule has 0 aliphatic carbocycles. The Balaban J connectivity index is 1.31. The lowest BCUT2D eigenvalue weighted by Gasteiger charge is -2.22. The first-order valence-corrected chi connectivity index (χ1v) is 12.6. The van der Waals surface area contributed by atoms with Gasteiger partial charge in [-0.3, -0.25) is 4.79 Å². The lowest BCUT2D eigenvalue weighted by atomic mass is 9.99. The number of rotatable bonds is 4. The molecule has 4 heterocycles. The van der Waals surface area contributed by atoms with Crippen molar-refractivity contribution in [2.75, 3.05) is 23.7 Å². The Morgan fingerprint density at radius 1 is 1.12 bits per heavy atom. The van der Waals surface area contributed by atoms with E-state index >= 15 is 0 Å². The number of ether oxygens (including phenoxy) is 1. The van der Waals surface area contributed by atoms with Gasteiger partial charge >= 0.3 is 0 Å². The molecule has 0 radical (unpaired) electrons. The summed E-state index contributed by atoms with van der Waals surface area (Å²) in [6, 6.07) is 12.3. The molecular formula is C26H27N5O2S. The predicted octanol–water partition coefficient (Wildman–Crippen LogP) is 4.48. The number of aromatic nitrogens is 2. The van der Waals surface area contributed by atoms with Crippen molar-refractivity contribution in [3.05, 3.63) is 58.1 Å². The number of nitrogens with zero attached hydrogens (tertiary/aromatic N) is 3. The molecule has 0 unspecified atom stereocenters. The summed E-state index contributed by atoms with van der Waals surface area (Å²) in [6.07, 6.45) is 2.25. The minimum atomic E-state index is -0.0110. The lowest BCUT2D eigenvalue weighted by molar-refractivity contribution is -0.116. The normalized spacial score (nSPS) is 16.3. The molecule has 8 heteroatoms. The second kappa shape index (κ2) is 8.61. The van der Waals surface area contributed by atoms with E-state index in [9.17, 15) is 4.79 Å². The smallest absolute Gasteiger partial charge is 0.224 e. The quantitative estimate of drug-likeness (QED) is 0.454. The van der Waals surface area contributed by atoms with Crippen molar-refractivity contribution in [2.24, 2.45) is 0 Å². The molecule has 4 aromatic rings. The molecule has 2 aliphatic heterocycles. The highest BCUT2D eigenvalue weighted by atomic mass is 32.1. The number of fused-ring (bicyclic) bond motifs is 4. The summed E-state index contributed by atoms with van der Waals surface area (Å²) in [4.78, 5) is 24.0. The van der Waals surface area contributed by atoms with Crippen LogP contribution in [0.3, 0.4) is 0 Å². The number of nitrogens with two attached hydrogens (primary N) is 1. The topological polar surface area (TPSA) is 93.4 Å². The molecule has 2 aromatic carbocycles. The van der Waals surface area contributed by atoms with E-state index < -0.39 is 0 Å². The molecule has 6 rings (SSSR count). The third-order valence-corrected chi connectivity index (χ3v) is 8.10. The molecule has 3 N–H and O–H groups in total. The number of amides is 1. The Hall–Kier alpha value is -3.07. The first-order chi connectivity index (χ1) is 16.6. The number of nitrogen functional groups attached to an aromatic ring is 1. The number of thiazole rings is 1. The van der Waals surface area contributed by atoms with E-state index in [1.54, 1.807) is 23.2 Å². The van der Waals surface area contributed by atoms with Crippen LogP contribution in [0.25, 0.3) is 21.1 Å². The number of hydrogen-bond acceptors (Lipinski definition) is 7. The maximum Gasteiger partial charge on any atom is 0.224 e. The zero-order valence-electron chi connectivity index (χ0n) is 19.1. The molecule has 1 amide bonds. The molecule has 7 nitrogen and oxygen atoms in total. The first kappa shape index (κ1) is 21.5. The van der Waals surface area contributed by atoms with Crippen LogP contribution in [0.15, 0.2) is 36.4 Å². The molecule has 174 valence electrons. The van der Waals surface area contributed by atoms with E-state index in [2.05, 4.69) is 28.5 Å². The number of benzene rings is 2. The Kier molecular flexibility index (Phi) is 5.44. The Morgan fingerprint density at radius 3 is 2.76 bits per heavy atom. The fraction of sp³-hybridized carbons (Fsp3) is 0.346. The van der Waals surface area contributed by atoms with Gasteiger partial charge in [0, 0.05) is 29.5 Å². The lowest BCUT2D eigenvalue weighted by Crippen LogP contribution is -2.27. The van der Waals surface area contributed by atoms with Crippen LogP contribution in [-0.2, 0) is 29.3 Å². The minimum Gasteiger partial charge on any atom is -0.383 e. The van der Waals surface area contributed by atoms with Gasteiger partial charge < -0.3 is 20.7 Å². The van der Waals surface area contributed by atoms with Gasteiger partial charge in [0.05, 0.1) is 40.5 Å². The van der Waals surface area contributed by atoms with Crippen LogP contribution in [0.2, 0.25) is 0 Å². The van der Waals surface area contributed by atoms with E-state index in [-0.39, 0.29) is 5.91 Å². The van der Waals surface area contributed by atoms with Gasteiger partial charge in [-0.25, -0.2) is 9.97 Å². The zero-order valence-corrected chi connectivity index (χ0v) is 20.0. The molecule has 0 bridgehead atoms. The Morgan fingerprint density at radius 2 is 1.94 bits per heavy atom. The number of carbonyl (C=O) groups excluding carboxylic acids is 1. The highest BCUT2D eigenvalue weighted by Gasteiger charge is 2.22. The number of carbonyl (C=O) groups is 1. The minimum absolute atomic E-state index is 0.0110. The molecule has 2 aliphatic rings. The van der Waals surface area contributed by atoms with Crippen molar-refractivity contribution >= 4 is 49.9 Å². The van der Waals surface area contributed by atoms with Gasteiger partial charge in [-0.05, 0) is 61.3 Å². The molecular weight excluding hydrogens is 446 g/mol. The third-order valence-electron chi connectivity index (χ3n) is 6.90. The molecule has 0 saturated carbocycles. The standard InChI is InChI=1S/C26H27N5O2S/c1-15(32)31(12-16-2-4-19-20-13-33-14-21(20)25(27)29-22(19)10-16)18-3-5-24-23(11-18)30-26(34-24)17-6-8-28-9-7-17/h2-5,10-11,17,28H,6-9,12-14H2,1H3,(H2,27,29). The fourth-order valence-corrected chi connectivity index (χ4v) is 6.15. The maximum atomic E-state index is 12.7. The number of piperidine rings is 1. The van der Waals surface area contributed by atoms with Gasteiger partial charge in [0.15, 0.2) is 0 Å². The van der Waals surface area contributed by atoms with Gasteiger partial charge in [0.25, 0.3) is 0 Å². The van der Waals surface area contributed by atoms with Crippen molar-refractivity contribution in [3.8, 4) is 0 Å². The molecule has 1 fully saturated rings. The van der Waals surface area contributed by atoms with Gasteiger partial charge in [-0.1, -0.05) is 12.1 Å². The largest absolute Gasteiger partial charge is 0.383 e. The van der Waals surface area contributed by atoms with Crippen LogP contribution < -0.4 is 16.0 Å². The van der Waals surface area contributed by atoms with Crippen LogP contribution in [-0.4, -0.2) is 29.0 Å². The Labute approximate surface area is 201 Å². The Bertz CT molecular complexity index is 1410. The van der Waals surface area contributed by atoms with Gasteiger partial charge in [0.1, 0.15) is 5.82 Å². The summed E-state index contributed by atoms with van der Waals surface area (Å²) >= 11 is 1.78. The van der Waals surface area contributed by atoms with Crippen molar-refractivity contribution in [2.45, 2.75) is 45.4 Å². The first-order valence-electron chi connectivity index (χ1n) is 11.7. The summed E-state index contributed by atoms with van der Waals surface area (Å²) in [7, 11) is 0. The van der Waals surface area contributed by atoms with Crippen LogP contribution in [0.5, 0.6) is 0 Å². The summed E-state index contributed by atoms with van der Waals surface area (Å²) in [5, 5.41) is 5.69. The number of anilines is 2. The van der Waals surface area contributed by atoms with Crippen molar-refractivity contribution in [1.82, 2.24) is 15.3 Å². The number of pyridine rings is 1. The highest BCUT2D eigenvalue weighted by molar-refractivity contribution is 7.18. The third kappa shape index (κ3) is 3.81. The SMILES string of the molecule is CC(=O)N(Cc1ccc2c3c(c(N)nc2c1)COC3)c1ccc2sc(C3CCNCC3)nc2c1. The van der Waals surface area contributed by atoms with Gasteiger partial charge in [-0.15, -0.1) is 11.3 Å². The predicted molar refractivity (Wildman–Crippen MR) is 136 cm³/mol. The van der Waals surface area contributed by atoms with Crippen LogP contribution in [0, 0.1) is 0 Å². The van der Waals surface area contributed by atoms with Crippen LogP contribution in [0.4, 0.5) is 11.5 Å². The summed E-state index contributed by atoms with van der Waals surface area (Å²) in [5.41, 5.74) is 11.9. The van der Waals surface area contributed by atoms with Crippen LogP contribution >= 0.6 is 11.3 Å². The average molecular weight is 474 g/mol. The van der Waals surface area contributed by atoms with Crippen molar-refractivity contribution in [1.29, 1.82) is 0 Å². The monoisotopic (exact) mass is 473 g/mol. The second-order valence-electron chi connectivity index (χ2n) is 9.13. The molecule has 2 aromatic heterocycles. The van der Waals surface area contributed by atoms with Gasteiger partial charge in [0.2, 0.25) is 5.91 Å². The second-order valence-corrected chi connectivity index (χ2v) is 10.2. The summed E-state index contributed by atoms with van der Waals surface area (Å²) < 4.78 is 6.75. The maximum absolute atomic E-state index is 12.7. The van der Waals surface area contributed by atoms with Crippen molar-refractivity contribution < 1.29 is 9.53 Å². The van der Waals surface area contributed by atoms with Crippen molar-refractivity contribution in [3.63, 3.8) is 0 Å². The summed E-state index contributed by atoms with van der Waals surface area (Å²) in [5.74, 6) is 1.04. The molecule has 0 spiro atoms. The number of hydrogen-bond donors (Lipinski definition) is 2. The zero-order chi connectivity index (χ0) is 23.2. The highest BCUT2D eigenvalue weighted by Crippen LogP contribution is 2.35. The van der Waals surface area contributed by atoms with Crippen LogP contribution in [0.1, 0.15) is 47.4 Å². The molecule has 0 atom stereocenters. The number of nitrogens with one attached hydrogen (secondary N) is 1. The van der Waals surface area contributed by atoms with E-state index in [4.69, 9.17) is 15.5 Å². The van der Waals surface area contributed by atoms with E-state index in [1.165, 1.54) is 9.71 Å². The average Bonchev–Trinajstić information content (AvgIpc) is 3.50. The van der Waals surface area contributed by atoms with E-state index in [1.807, 2.05) is 18.2 Å². The summed E-state index contributed by atoms with van der Waals surface area (Å²) in [6.45, 7) is 5.23. The van der Waals surface area contributed by atoms with E-state index in [0.717, 1.165) is 64.7 Å². The molecule has 1 saturated heterocycles. The van der Waals surface area contributed by atoms with E-state index in [0.29, 0.717) is 31.5 Å². The fourth-order valence-electron chi connectivity index (χ4n) is 5.03. The van der Waals surface area contributed by atoms with Gasteiger partial charge in [-0.2, -0.15) is 0 Å².